The number of hydrogen-bond acceptors (Lipinski definition) is 2. The van der Waals surface area contributed by atoms with Crippen LogP contribution in [0.25, 0.3) is 0 Å². The molecule has 1 aliphatic rings. The molecule has 26 heavy (non-hydrogen) atoms. The van der Waals surface area contributed by atoms with Gasteiger partial charge in [-0.2, -0.15) is 13.2 Å². The van der Waals surface area contributed by atoms with Crippen molar-refractivity contribution in [3.63, 3.8) is 0 Å². The number of rotatable bonds is 6. The van der Waals surface area contributed by atoms with E-state index in [1.807, 2.05) is 31.2 Å². The van der Waals surface area contributed by atoms with Gasteiger partial charge in [0.15, 0.2) is 0 Å². The van der Waals surface area contributed by atoms with Gasteiger partial charge in [-0.15, -0.1) is 0 Å². The van der Waals surface area contributed by atoms with Crippen molar-refractivity contribution in [1.29, 1.82) is 0 Å². The van der Waals surface area contributed by atoms with Gasteiger partial charge in [-0.25, -0.2) is 0 Å². The molecule has 2 aromatic rings. The van der Waals surface area contributed by atoms with E-state index in [9.17, 15) is 18.0 Å². The second kappa shape index (κ2) is 7.40. The highest BCUT2D eigenvalue weighted by molar-refractivity contribution is 5.83. The highest BCUT2D eigenvalue weighted by atomic mass is 19.4. The molecule has 1 N–H and O–H groups in total. The Morgan fingerprint density at radius 3 is 2.54 bits per heavy atom. The lowest BCUT2D eigenvalue weighted by molar-refractivity contribution is -0.138. The third-order valence-electron chi connectivity index (χ3n) is 4.48. The fourth-order valence-corrected chi connectivity index (χ4v) is 3.02. The van der Waals surface area contributed by atoms with Gasteiger partial charge in [-0.05, 0) is 43.0 Å². The van der Waals surface area contributed by atoms with Crippen LogP contribution >= 0.6 is 0 Å². The van der Waals surface area contributed by atoms with Gasteiger partial charge < -0.3 is 10.1 Å². The molecule has 0 aromatic heterocycles. The molecule has 1 aliphatic carbocycles. The number of carbonyl (C=O) groups excluding carboxylic acids is 1. The van der Waals surface area contributed by atoms with Crippen molar-refractivity contribution in [3.8, 4) is 5.75 Å². The van der Waals surface area contributed by atoms with E-state index < -0.39 is 17.7 Å². The molecule has 2 unspecified atom stereocenters. The molecule has 138 valence electrons. The first kappa shape index (κ1) is 18.3. The molecule has 0 aliphatic heterocycles. The predicted octanol–water partition coefficient (Wildman–Crippen LogP) is 4.31. The van der Waals surface area contributed by atoms with E-state index in [-0.39, 0.29) is 17.4 Å². The number of aryl methyl sites for hydroxylation is 1. The second-order valence-corrected chi connectivity index (χ2v) is 6.49. The fraction of sp³-hybridized carbons (Fsp3) is 0.350. The van der Waals surface area contributed by atoms with Gasteiger partial charge >= 0.3 is 6.18 Å². The zero-order valence-corrected chi connectivity index (χ0v) is 14.3. The molecule has 1 amide bonds. The van der Waals surface area contributed by atoms with Gasteiger partial charge in [-0.1, -0.05) is 35.9 Å². The van der Waals surface area contributed by atoms with Crippen LogP contribution in [-0.2, 0) is 11.0 Å². The maximum absolute atomic E-state index is 13.1. The van der Waals surface area contributed by atoms with Crippen LogP contribution in [0.5, 0.6) is 5.75 Å². The molecule has 0 radical (unpaired) electrons. The van der Waals surface area contributed by atoms with E-state index in [1.165, 1.54) is 12.1 Å². The summed E-state index contributed by atoms with van der Waals surface area (Å²) in [5.74, 6) is -0.281. The SMILES string of the molecule is Cc1ccc(OCCNC(=O)C2CC2c2ccccc2C(F)(F)F)cc1. The summed E-state index contributed by atoms with van der Waals surface area (Å²) in [6, 6.07) is 13.0. The number of amides is 1. The first-order valence-corrected chi connectivity index (χ1v) is 8.49. The summed E-state index contributed by atoms with van der Waals surface area (Å²) >= 11 is 0. The van der Waals surface area contributed by atoms with Gasteiger partial charge in [0, 0.05) is 5.92 Å². The van der Waals surface area contributed by atoms with Crippen LogP contribution < -0.4 is 10.1 Å². The molecular formula is C20H20F3NO2. The summed E-state index contributed by atoms with van der Waals surface area (Å²) in [5, 5.41) is 2.74. The summed E-state index contributed by atoms with van der Waals surface area (Å²) in [4.78, 5) is 12.2. The average molecular weight is 363 g/mol. The minimum absolute atomic E-state index is 0.205. The number of benzene rings is 2. The molecule has 3 rings (SSSR count). The van der Waals surface area contributed by atoms with Crippen molar-refractivity contribution < 1.29 is 22.7 Å². The van der Waals surface area contributed by atoms with E-state index >= 15 is 0 Å². The zero-order chi connectivity index (χ0) is 18.7. The molecular weight excluding hydrogens is 343 g/mol. The molecule has 0 bridgehead atoms. The quantitative estimate of drug-likeness (QED) is 0.777. The molecule has 3 nitrogen and oxygen atoms in total. The second-order valence-electron chi connectivity index (χ2n) is 6.49. The lowest BCUT2D eigenvalue weighted by Gasteiger charge is -2.12. The Labute approximate surface area is 150 Å². The van der Waals surface area contributed by atoms with E-state index in [4.69, 9.17) is 4.74 Å². The van der Waals surface area contributed by atoms with Crippen LogP contribution in [-0.4, -0.2) is 19.1 Å². The first-order chi connectivity index (χ1) is 12.4. The van der Waals surface area contributed by atoms with E-state index in [0.717, 1.165) is 11.6 Å². The van der Waals surface area contributed by atoms with E-state index in [1.54, 1.807) is 6.07 Å². The third kappa shape index (κ3) is 4.36. The molecule has 0 heterocycles. The van der Waals surface area contributed by atoms with Crippen LogP contribution in [0.4, 0.5) is 13.2 Å². The van der Waals surface area contributed by atoms with Gasteiger partial charge in [0.1, 0.15) is 12.4 Å². The molecule has 1 saturated carbocycles. The molecule has 1 fully saturated rings. The van der Waals surface area contributed by atoms with Crippen LogP contribution in [0.2, 0.25) is 0 Å². The van der Waals surface area contributed by atoms with Crippen molar-refractivity contribution in [3.05, 3.63) is 65.2 Å². The Morgan fingerprint density at radius 2 is 1.85 bits per heavy atom. The zero-order valence-electron chi connectivity index (χ0n) is 14.3. The number of ether oxygens (including phenoxy) is 1. The number of hydrogen-bond donors (Lipinski definition) is 1. The molecule has 6 heteroatoms. The molecule has 0 spiro atoms. The Bertz CT molecular complexity index is 771. The predicted molar refractivity (Wildman–Crippen MR) is 92.0 cm³/mol. The highest BCUT2D eigenvalue weighted by Crippen LogP contribution is 2.50. The minimum atomic E-state index is -4.40. The number of halogens is 3. The van der Waals surface area contributed by atoms with E-state index in [2.05, 4.69) is 5.32 Å². The minimum Gasteiger partial charge on any atom is -0.492 e. The smallest absolute Gasteiger partial charge is 0.416 e. The Morgan fingerprint density at radius 1 is 1.15 bits per heavy atom. The molecule has 2 aromatic carbocycles. The summed E-state index contributed by atoms with van der Waals surface area (Å²) in [6.07, 6.45) is -3.96. The average Bonchev–Trinajstić information content (AvgIpc) is 3.40. The summed E-state index contributed by atoms with van der Waals surface area (Å²) in [6.45, 7) is 2.61. The van der Waals surface area contributed by atoms with Crippen LogP contribution in [0.3, 0.4) is 0 Å². The summed E-state index contributed by atoms with van der Waals surface area (Å²) < 4.78 is 44.8. The van der Waals surface area contributed by atoms with Crippen LogP contribution in [0.1, 0.15) is 29.0 Å². The Hall–Kier alpha value is -2.50. The van der Waals surface area contributed by atoms with Crippen molar-refractivity contribution in [1.82, 2.24) is 5.32 Å². The number of carbonyl (C=O) groups is 1. The third-order valence-corrected chi connectivity index (χ3v) is 4.48. The van der Waals surface area contributed by atoms with Gasteiger partial charge in [0.05, 0.1) is 12.1 Å². The van der Waals surface area contributed by atoms with Gasteiger partial charge in [0.2, 0.25) is 5.91 Å². The molecule has 2 atom stereocenters. The Balaban J connectivity index is 1.48. The first-order valence-electron chi connectivity index (χ1n) is 8.49. The Kier molecular flexibility index (Phi) is 5.20. The number of nitrogens with one attached hydrogen (secondary N) is 1. The summed E-state index contributed by atoms with van der Waals surface area (Å²) in [7, 11) is 0. The van der Waals surface area contributed by atoms with Crippen molar-refractivity contribution in [2.75, 3.05) is 13.2 Å². The lowest BCUT2D eigenvalue weighted by Crippen LogP contribution is -2.29. The van der Waals surface area contributed by atoms with Crippen molar-refractivity contribution in [2.24, 2.45) is 5.92 Å². The van der Waals surface area contributed by atoms with Crippen molar-refractivity contribution >= 4 is 5.91 Å². The van der Waals surface area contributed by atoms with Gasteiger partial charge in [0.25, 0.3) is 0 Å². The standard InChI is InChI=1S/C20H20F3NO2/c1-13-6-8-14(9-7-13)26-11-10-24-19(25)17-12-16(17)15-4-2-3-5-18(15)20(21,22)23/h2-9,16-17H,10-12H2,1H3,(H,24,25). The summed E-state index contributed by atoms with van der Waals surface area (Å²) in [5.41, 5.74) is 0.684. The lowest BCUT2D eigenvalue weighted by atomic mass is 10.0. The van der Waals surface area contributed by atoms with Crippen molar-refractivity contribution in [2.45, 2.75) is 25.4 Å². The monoisotopic (exact) mass is 363 g/mol. The maximum atomic E-state index is 13.1. The largest absolute Gasteiger partial charge is 0.492 e. The fourth-order valence-electron chi connectivity index (χ4n) is 3.02. The van der Waals surface area contributed by atoms with E-state index in [0.29, 0.717) is 25.3 Å². The van der Waals surface area contributed by atoms with Crippen LogP contribution in [0.15, 0.2) is 48.5 Å². The number of alkyl halides is 3. The topological polar surface area (TPSA) is 38.3 Å². The molecule has 0 saturated heterocycles. The van der Waals surface area contributed by atoms with Crippen LogP contribution in [0, 0.1) is 12.8 Å². The van der Waals surface area contributed by atoms with Gasteiger partial charge in [-0.3, -0.25) is 4.79 Å². The normalized spacial score (nSPS) is 19.1. The maximum Gasteiger partial charge on any atom is 0.416 e. The highest BCUT2D eigenvalue weighted by Gasteiger charge is 2.47.